The number of pyridine rings is 2. The quantitative estimate of drug-likeness (QED) is 0.113. The molecule has 0 saturated carbocycles. The molecule has 0 aliphatic carbocycles. The monoisotopic (exact) mass is 779 g/mol. The zero-order valence-electron chi connectivity index (χ0n) is 28.6. The summed E-state index contributed by atoms with van der Waals surface area (Å²) in [6, 6.07) is 12.5. The number of hydrogen-bond acceptors (Lipinski definition) is 6. The Morgan fingerprint density at radius 3 is 1.18 bits per heavy atom. The van der Waals surface area contributed by atoms with Crippen LogP contribution in [0.25, 0.3) is 43.6 Å². The second-order valence-electron chi connectivity index (χ2n) is 15.8. The third-order valence-electron chi connectivity index (χ3n) is 7.70. The molecule has 2 aromatic carbocycles. The maximum Gasteiger partial charge on any atom is 2.00 e. The summed E-state index contributed by atoms with van der Waals surface area (Å²) in [6.45, 7) is 26.0. The molecule has 4 heterocycles. The van der Waals surface area contributed by atoms with Gasteiger partial charge in [0, 0.05) is 24.0 Å². The molecule has 45 heavy (non-hydrogen) atoms. The molecule has 0 aliphatic heterocycles. The smallest absolute Gasteiger partial charge is 0.338 e. The van der Waals surface area contributed by atoms with Gasteiger partial charge in [-0.2, -0.15) is 0 Å². The van der Waals surface area contributed by atoms with Gasteiger partial charge in [-0.1, -0.05) is 118 Å². The minimum atomic E-state index is -0.0916. The fourth-order valence-electron chi connectivity index (χ4n) is 5.26. The Kier molecular flexibility index (Phi) is 9.27. The van der Waals surface area contributed by atoms with E-state index in [-0.39, 0.29) is 42.7 Å². The molecular weight excluding hydrogens is 736 g/mol. The molecule has 0 aliphatic rings. The molecule has 0 fully saturated rings. The zero-order valence-corrected chi connectivity index (χ0v) is 30.9. The molecule has 7 heteroatoms. The Bertz CT molecular complexity index is 1860. The maximum atomic E-state index is 4.79. The van der Waals surface area contributed by atoms with Crippen molar-refractivity contribution >= 4 is 43.6 Å². The Morgan fingerprint density at radius 2 is 0.867 bits per heavy atom. The van der Waals surface area contributed by atoms with Crippen molar-refractivity contribution in [1.82, 2.24) is 29.9 Å². The summed E-state index contributed by atoms with van der Waals surface area (Å²) in [5, 5.41) is 4.12. The van der Waals surface area contributed by atoms with Gasteiger partial charge < -0.3 is 29.9 Å². The van der Waals surface area contributed by atoms with Gasteiger partial charge in [-0.05, 0) is 90.2 Å². The number of aromatic nitrogens is 6. The first-order valence-electron chi connectivity index (χ1n) is 15.3. The number of fused-ring (bicyclic) bond motifs is 6. The van der Waals surface area contributed by atoms with Crippen LogP contribution in [0.3, 0.4) is 0 Å². The van der Waals surface area contributed by atoms with Gasteiger partial charge in [0.25, 0.3) is 0 Å². The van der Waals surface area contributed by atoms with Crippen LogP contribution in [0.1, 0.15) is 106 Å². The van der Waals surface area contributed by atoms with E-state index in [9.17, 15) is 0 Å². The molecule has 0 spiro atoms. The molecule has 0 atom stereocenters. The van der Waals surface area contributed by atoms with Gasteiger partial charge >= 0.3 is 21.1 Å². The first-order valence-corrected chi connectivity index (χ1v) is 15.3. The fourth-order valence-corrected chi connectivity index (χ4v) is 5.26. The van der Waals surface area contributed by atoms with E-state index in [1.54, 1.807) is 0 Å². The normalized spacial score (nSPS) is 12.7. The molecule has 236 valence electrons. The summed E-state index contributed by atoms with van der Waals surface area (Å²) in [7, 11) is 0. The van der Waals surface area contributed by atoms with E-state index in [0.29, 0.717) is 0 Å². The minimum Gasteiger partial charge on any atom is -0.338 e. The summed E-state index contributed by atoms with van der Waals surface area (Å²) in [5.74, 6) is 1.63. The molecule has 4 aromatic heterocycles. The van der Waals surface area contributed by atoms with Crippen LogP contribution in [0.4, 0.5) is 0 Å². The van der Waals surface area contributed by atoms with Gasteiger partial charge in [0.1, 0.15) is 0 Å². The van der Waals surface area contributed by atoms with Crippen LogP contribution < -0.4 is 0 Å². The van der Waals surface area contributed by atoms with Crippen LogP contribution in [0.5, 0.6) is 0 Å². The molecule has 0 radical (unpaired) electrons. The van der Waals surface area contributed by atoms with E-state index >= 15 is 0 Å². The fraction of sp³-hybridized carbons (Fsp3) is 0.421. The van der Waals surface area contributed by atoms with Crippen LogP contribution >= 0.6 is 0 Å². The average Bonchev–Trinajstić information content (AvgIpc) is 2.94. The van der Waals surface area contributed by atoms with E-state index in [0.717, 1.165) is 55.3 Å². The number of rotatable bonds is 0. The molecular formula is C38H44N6Pt. The molecule has 0 saturated heterocycles. The van der Waals surface area contributed by atoms with Crippen LogP contribution in [0.2, 0.25) is 0 Å². The average molecular weight is 780 g/mol. The number of hydrogen-bond donors (Lipinski definition) is 0. The summed E-state index contributed by atoms with van der Waals surface area (Å²) >= 11 is 0. The summed E-state index contributed by atoms with van der Waals surface area (Å²) < 4.78 is 0. The molecule has 6 rings (SSSR count). The summed E-state index contributed by atoms with van der Waals surface area (Å²) in [6.07, 6.45) is 9.98. The molecule has 0 amide bonds. The van der Waals surface area contributed by atoms with Gasteiger partial charge in [0.15, 0.2) is 0 Å². The van der Waals surface area contributed by atoms with Crippen molar-refractivity contribution in [3.8, 4) is 0 Å². The predicted octanol–water partition coefficient (Wildman–Crippen LogP) is 9.14. The standard InChI is InChI=1S/2C19H22N3.Pt/c2*1-18(2,3)14-10-15-13(16-12(14)8-7-9-20-16)11-21-17(22-15)19(4,5)6;/h2*7-10H,1-6H3;/q2*-1;+2. The third kappa shape index (κ3) is 7.07. The largest absolute Gasteiger partial charge is 2.00 e. The van der Waals surface area contributed by atoms with Crippen molar-refractivity contribution in [3.63, 3.8) is 0 Å². The van der Waals surface area contributed by atoms with E-state index in [4.69, 9.17) is 9.97 Å². The second kappa shape index (κ2) is 12.1. The molecule has 0 bridgehead atoms. The van der Waals surface area contributed by atoms with Crippen LogP contribution in [-0.2, 0) is 42.7 Å². The van der Waals surface area contributed by atoms with E-state index in [1.165, 1.54) is 11.1 Å². The maximum absolute atomic E-state index is 4.79. The predicted molar refractivity (Wildman–Crippen MR) is 182 cm³/mol. The summed E-state index contributed by atoms with van der Waals surface area (Å²) in [5.41, 5.74) is 6.12. The molecule has 0 unspecified atom stereocenters. The van der Waals surface area contributed by atoms with E-state index < -0.39 is 0 Å². The topological polar surface area (TPSA) is 77.3 Å². The molecule has 0 N–H and O–H groups in total. The van der Waals surface area contributed by atoms with E-state index in [1.807, 2.05) is 24.5 Å². The SMILES string of the molecule is CC(C)(C)c1n[c-]c2c(cc(C(C)(C)C)c3cccnc32)n1.CC(C)(C)c1n[c-]c2c(cc(C(C)(C)C)c3cccnc32)n1.[Pt+2]. The second-order valence-corrected chi connectivity index (χ2v) is 15.8. The van der Waals surface area contributed by atoms with Gasteiger partial charge in [-0.25, -0.2) is 0 Å². The minimum absolute atomic E-state index is 0. The van der Waals surface area contributed by atoms with Crippen LogP contribution in [-0.4, -0.2) is 29.9 Å². The Balaban J connectivity index is 0.000000200. The van der Waals surface area contributed by atoms with Gasteiger partial charge in [-0.3, -0.25) is 0 Å². The van der Waals surface area contributed by atoms with Crippen molar-refractivity contribution in [3.05, 3.63) is 84.0 Å². The van der Waals surface area contributed by atoms with Gasteiger partial charge in [-0.15, -0.1) is 0 Å². The van der Waals surface area contributed by atoms with Crippen molar-refractivity contribution in [2.45, 2.75) is 105 Å². The third-order valence-corrected chi connectivity index (χ3v) is 7.70. The number of nitrogens with zero attached hydrogens (tertiary/aromatic N) is 6. The van der Waals surface area contributed by atoms with Crippen molar-refractivity contribution in [2.75, 3.05) is 0 Å². The molecule has 6 aromatic rings. The Morgan fingerprint density at radius 1 is 0.511 bits per heavy atom. The van der Waals surface area contributed by atoms with Gasteiger partial charge in [0.2, 0.25) is 0 Å². The molecule has 6 nitrogen and oxygen atoms in total. The van der Waals surface area contributed by atoms with Crippen molar-refractivity contribution < 1.29 is 21.1 Å². The van der Waals surface area contributed by atoms with Crippen LogP contribution in [0, 0.1) is 12.4 Å². The van der Waals surface area contributed by atoms with Crippen LogP contribution in [0.15, 0.2) is 48.8 Å². The number of benzene rings is 2. The van der Waals surface area contributed by atoms with Crippen molar-refractivity contribution in [2.24, 2.45) is 0 Å². The Hall–Kier alpha value is -3.37. The summed E-state index contributed by atoms with van der Waals surface area (Å²) in [4.78, 5) is 27.6. The first-order chi connectivity index (χ1) is 20.4. The Labute approximate surface area is 282 Å². The zero-order chi connectivity index (χ0) is 32.2. The first kappa shape index (κ1) is 34.5. The van der Waals surface area contributed by atoms with Gasteiger partial charge in [0.05, 0.1) is 0 Å². The van der Waals surface area contributed by atoms with Crippen molar-refractivity contribution in [1.29, 1.82) is 0 Å². The van der Waals surface area contributed by atoms with E-state index in [2.05, 4.69) is 140 Å².